The van der Waals surface area contributed by atoms with Gasteiger partial charge in [0.1, 0.15) is 6.61 Å². The van der Waals surface area contributed by atoms with E-state index in [2.05, 4.69) is 6.08 Å². The van der Waals surface area contributed by atoms with Crippen molar-refractivity contribution in [2.24, 2.45) is 5.92 Å². The minimum atomic E-state index is -0.880. The molecule has 0 aromatic rings. The molecule has 80 valence electrons. The summed E-state index contributed by atoms with van der Waals surface area (Å²) in [7, 11) is 0. The largest absolute Gasteiger partial charge is 0.480 e. The lowest BCUT2D eigenvalue weighted by Gasteiger charge is -2.28. The quantitative estimate of drug-likeness (QED) is 0.704. The van der Waals surface area contributed by atoms with Gasteiger partial charge in [-0.1, -0.05) is 25.0 Å². The van der Waals surface area contributed by atoms with Crippen LogP contribution in [0.3, 0.4) is 0 Å². The van der Waals surface area contributed by atoms with E-state index in [9.17, 15) is 4.79 Å². The molecule has 0 radical (unpaired) electrons. The zero-order valence-electron chi connectivity index (χ0n) is 8.61. The lowest BCUT2D eigenvalue weighted by molar-refractivity contribution is -0.145. The molecule has 1 fully saturated rings. The molecule has 2 atom stereocenters. The van der Waals surface area contributed by atoms with Gasteiger partial charge in [0, 0.05) is 5.92 Å². The second-order valence-corrected chi connectivity index (χ2v) is 3.72. The zero-order chi connectivity index (χ0) is 10.4. The second kappa shape index (κ2) is 5.81. The number of rotatable bonds is 4. The highest BCUT2D eigenvalue weighted by Gasteiger charge is 2.23. The number of carboxylic acids is 1. The van der Waals surface area contributed by atoms with Crippen LogP contribution in [0.4, 0.5) is 0 Å². The fourth-order valence-electron chi connectivity index (χ4n) is 1.98. The fraction of sp³-hybridized carbons (Fsp3) is 0.727. The van der Waals surface area contributed by atoms with Crippen LogP contribution < -0.4 is 0 Å². The third-order valence-electron chi connectivity index (χ3n) is 2.61. The summed E-state index contributed by atoms with van der Waals surface area (Å²) in [6.07, 6.45) is 8.74. The predicted molar refractivity (Wildman–Crippen MR) is 54.1 cm³/mol. The van der Waals surface area contributed by atoms with Crippen molar-refractivity contribution in [3.63, 3.8) is 0 Å². The number of aliphatic carboxylic acids is 1. The molecule has 0 saturated heterocycles. The van der Waals surface area contributed by atoms with E-state index in [4.69, 9.17) is 9.84 Å². The van der Waals surface area contributed by atoms with Crippen LogP contribution in [0.25, 0.3) is 0 Å². The number of ether oxygens (including phenoxy) is 1. The maximum atomic E-state index is 10.4. The molecule has 2 unspecified atom stereocenters. The number of allylic oxidation sites excluding steroid dienone is 1. The summed E-state index contributed by atoms with van der Waals surface area (Å²) >= 11 is 0. The van der Waals surface area contributed by atoms with Crippen LogP contribution in [-0.4, -0.2) is 23.8 Å². The lowest BCUT2D eigenvalue weighted by atomic mass is 9.86. The van der Waals surface area contributed by atoms with E-state index in [1.165, 1.54) is 6.42 Å². The molecule has 0 heterocycles. The van der Waals surface area contributed by atoms with Gasteiger partial charge in [-0.25, -0.2) is 4.79 Å². The Bertz CT molecular complexity index is 211. The Morgan fingerprint density at radius 2 is 2.21 bits per heavy atom. The molecule has 0 aromatic carbocycles. The number of carbonyl (C=O) groups is 1. The van der Waals surface area contributed by atoms with Gasteiger partial charge < -0.3 is 9.84 Å². The highest BCUT2D eigenvalue weighted by molar-refractivity contribution is 5.68. The van der Waals surface area contributed by atoms with Crippen LogP contribution in [0.1, 0.15) is 32.6 Å². The van der Waals surface area contributed by atoms with Crippen molar-refractivity contribution in [2.45, 2.75) is 38.7 Å². The molecule has 0 aliphatic heterocycles. The van der Waals surface area contributed by atoms with E-state index < -0.39 is 5.97 Å². The van der Waals surface area contributed by atoms with E-state index in [1.54, 1.807) is 0 Å². The number of hydrogen-bond donors (Lipinski definition) is 1. The summed E-state index contributed by atoms with van der Waals surface area (Å²) < 4.78 is 5.36. The highest BCUT2D eigenvalue weighted by atomic mass is 16.5. The Balaban J connectivity index is 2.41. The predicted octanol–water partition coefficient (Wildman–Crippen LogP) is 2.22. The second-order valence-electron chi connectivity index (χ2n) is 3.72. The highest BCUT2D eigenvalue weighted by Crippen LogP contribution is 2.27. The first-order chi connectivity index (χ1) is 6.74. The minimum absolute atomic E-state index is 0.107. The third-order valence-corrected chi connectivity index (χ3v) is 2.61. The molecule has 0 aromatic heterocycles. The molecule has 0 bridgehead atoms. The fourth-order valence-corrected chi connectivity index (χ4v) is 1.98. The van der Waals surface area contributed by atoms with Gasteiger partial charge >= 0.3 is 5.97 Å². The van der Waals surface area contributed by atoms with Crippen LogP contribution >= 0.6 is 0 Å². The molecule has 3 nitrogen and oxygen atoms in total. The Labute approximate surface area is 84.8 Å². The van der Waals surface area contributed by atoms with Crippen LogP contribution in [0, 0.1) is 5.92 Å². The van der Waals surface area contributed by atoms with Crippen molar-refractivity contribution in [3.05, 3.63) is 12.2 Å². The SMILES string of the molecule is CC=CC1CCCCC1OCC(=O)O. The maximum Gasteiger partial charge on any atom is 0.329 e. The normalized spacial score (nSPS) is 28.1. The van der Waals surface area contributed by atoms with E-state index in [1.807, 2.05) is 13.0 Å². The first-order valence-electron chi connectivity index (χ1n) is 5.20. The molecule has 0 amide bonds. The van der Waals surface area contributed by atoms with Gasteiger partial charge in [-0.2, -0.15) is 0 Å². The van der Waals surface area contributed by atoms with Crippen molar-refractivity contribution >= 4 is 5.97 Å². The molecule has 1 saturated carbocycles. The van der Waals surface area contributed by atoms with Crippen LogP contribution in [0.15, 0.2) is 12.2 Å². The molecule has 1 aliphatic carbocycles. The molecular formula is C11H18O3. The van der Waals surface area contributed by atoms with Crippen LogP contribution in [0.2, 0.25) is 0 Å². The number of hydrogen-bond acceptors (Lipinski definition) is 2. The van der Waals surface area contributed by atoms with Gasteiger partial charge in [0.05, 0.1) is 6.10 Å². The van der Waals surface area contributed by atoms with Crippen molar-refractivity contribution < 1.29 is 14.6 Å². The third kappa shape index (κ3) is 3.50. The Kier molecular flexibility index (Phi) is 4.66. The van der Waals surface area contributed by atoms with E-state index in [-0.39, 0.29) is 12.7 Å². The van der Waals surface area contributed by atoms with Crippen molar-refractivity contribution in [2.75, 3.05) is 6.61 Å². The summed E-state index contributed by atoms with van der Waals surface area (Å²) in [5.74, 6) is -0.470. The van der Waals surface area contributed by atoms with Gasteiger partial charge in [0.2, 0.25) is 0 Å². The van der Waals surface area contributed by atoms with Gasteiger partial charge in [0.25, 0.3) is 0 Å². The summed E-state index contributed by atoms with van der Waals surface area (Å²) in [6.45, 7) is 1.82. The molecule has 0 spiro atoms. The first-order valence-corrected chi connectivity index (χ1v) is 5.20. The Hall–Kier alpha value is -0.830. The van der Waals surface area contributed by atoms with Crippen molar-refractivity contribution in [3.8, 4) is 0 Å². The van der Waals surface area contributed by atoms with Gasteiger partial charge in [-0.05, 0) is 19.8 Å². The van der Waals surface area contributed by atoms with E-state index in [0.717, 1.165) is 19.3 Å². The van der Waals surface area contributed by atoms with Crippen molar-refractivity contribution in [1.82, 2.24) is 0 Å². The maximum absolute atomic E-state index is 10.4. The Morgan fingerprint density at radius 3 is 2.86 bits per heavy atom. The van der Waals surface area contributed by atoms with E-state index >= 15 is 0 Å². The molecular weight excluding hydrogens is 180 g/mol. The lowest BCUT2D eigenvalue weighted by Crippen LogP contribution is -2.28. The topological polar surface area (TPSA) is 46.5 Å². The summed E-state index contributed by atoms with van der Waals surface area (Å²) in [5.41, 5.74) is 0. The minimum Gasteiger partial charge on any atom is -0.480 e. The van der Waals surface area contributed by atoms with Crippen molar-refractivity contribution in [1.29, 1.82) is 0 Å². The zero-order valence-corrected chi connectivity index (χ0v) is 8.61. The average molecular weight is 198 g/mol. The summed E-state index contributed by atoms with van der Waals surface area (Å²) in [6, 6.07) is 0. The van der Waals surface area contributed by atoms with Gasteiger partial charge in [-0.15, -0.1) is 0 Å². The first kappa shape index (κ1) is 11.2. The average Bonchev–Trinajstić information content (AvgIpc) is 2.17. The number of carboxylic acid groups (broad SMARTS) is 1. The molecule has 14 heavy (non-hydrogen) atoms. The Morgan fingerprint density at radius 1 is 1.50 bits per heavy atom. The molecule has 1 aliphatic rings. The van der Waals surface area contributed by atoms with Gasteiger partial charge in [0.15, 0.2) is 0 Å². The van der Waals surface area contributed by atoms with Crippen LogP contribution in [0.5, 0.6) is 0 Å². The standard InChI is InChI=1S/C11H18O3/c1-2-5-9-6-3-4-7-10(9)14-8-11(12)13/h2,5,9-10H,3-4,6-8H2,1H3,(H,12,13). The van der Waals surface area contributed by atoms with Crippen LogP contribution in [-0.2, 0) is 9.53 Å². The summed E-state index contributed by atoms with van der Waals surface area (Å²) in [4.78, 5) is 10.4. The summed E-state index contributed by atoms with van der Waals surface area (Å²) in [5, 5.41) is 8.52. The molecule has 1 N–H and O–H groups in total. The van der Waals surface area contributed by atoms with Gasteiger partial charge in [-0.3, -0.25) is 0 Å². The molecule has 1 rings (SSSR count). The smallest absolute Gasteiger partial charge is 0.329 e. The monoisotopic (exact) mass is 198 g/mol. The molecule has 3 heteroatoms. The van der Waals surface area contributed by atoms with E-state index in [0.29, 0.717) is 5.92 Å².